The summed E-state index contributed by atoms with van der Waals surface area (Å²) in [6.07, 6.45) is 0.131. The van der Waals surface area contributed by atoms with E-state index in [1.165, 1.54) is 26.4 Å². The second kappa shape index (κ2) is 5.77. The van der Waals surface area contributed by atoms with Crippen molar-refractivity contribution in [3.05, 3.63) is 17.7 Å². The molecule has 0 aliphatic carbocycles. The van der Waals surface area contributed by atoms with Crippen LogP contribution in [0.5, 0.6) is 11.5 Å². The number of hydrogen-bond acceptors (Lipinski definition) is 6. The van der Waals surface area contributed by atoms with Gasteiger partial charge in [0.1, 0.15) is 11.5 Å². The molecule has 0 radical (unpaired) electrons. The van der Waals surface area contributed by atoms with Crippen LogP contribution < -0.4 is 15.2 Å². The van der Waals surface area contributed by atoms with Gasteiger partial charge in [0, 0.05) is 12.3 Å². The minimum atomic E-state index is -3.51. The summed E-state index contributed by atoms with van der Waals surface area (Å²) in [6, 6.07) is 2.40. The summed E-state index contributed by atoms with van der Waals surface area (Å²) in [6.45, 7) is 1.65. The van der Waals surface area contributed by atoms with Crippen LogP contribution in [0.2, 0.25) is 0 Å². The van der Waals surface area contributed by atoms with E-state index in [0.717, 1.165) is 6.26 Å². The fourth-order valence-corrected chi connectivity index (χ4v) is 2.76. The highest BCUT2D eigenvalue weighted by atomic mass is 32.2. The van der Waals surface area contributed by atoms with Crippen LogP contribution in [0.25, 0.3) is 0 Å². The van der Waals surface area contributed by atoms with Crippen molar-refractivity contribution in [2.75, 3.05) is 20.5 Å². The molecule has 0 aromatic heterocycles. The molecule has 3 N–H and O–H groups in total. The molecule has 0 aliphatic heterocycles. The number of ether oxygens (including phenoxy) is 2. The zero-order valence-electron chi connectivity index (χ0n) is 11.4. The maximum atomic E-state index is 11.8. The van der Waals surface area contributed by atoms with Crippen LogP contribution in [0.15, 0.2) is 17.0 Å². The first kappa shape index (κ1) is 15.7. The van der Waals surface area contributed by atoms with E-state index in [4.69, 9.17) is 15.2 Å². The van der Waals surface area contributed by atoms with Gasteiger partial charge in [-0.15, -0.1) is 0 Å². The molecule has 0 bridgehead atoms. The van der Waals surface area contributed by atoms with Gasteiger partial charge in [-0.2, -0.15) is 0 Å². The summed E-state index contributed by atoms with van der Waals surface area (Å²) >= 11 is 0. The molecule has 7 heteroatoms. The van der Waals surface area contributed by atoms with Crippen LogP contribution in [0, 0.1) is 0 Å². The Morgan fingerprint density at radius 3 is 1.89 bits per heavy atom. The zero-order chi connectivity index (χ0) is 14.8. The lowest BCUT2D eigenvalue weighted by atomic mass is 10.0. The van der Waals surface area contributed by atoms with E-state index in [9.17, 15) is 13.5 Å². The minimum absolute atomic E-state index is 0.0434. The predicted molar refractivity (Wildman–Crippen MR) is 71.3 cm³/mol. The lowest BCUT2D eigenvalue weighted by Crippen LogP contribution is -2.24. The average Bonchev–Trinajstić information content (AvgIpc) is 2.34. The Balaban J connectivity index is 3.54. The zero-order valence-corrected chi connectivity index (χ0v) is 12.2. The van der Waals surface area contributed by atoms with Crippen molar-refractivity contribution in [2.45, 2.75) is 24.0 Å². The predicted octanol–water partition coefficient (Wildman–Crippen LogP) is 0.488. The van der Waals surface area contributed by atoms with Gasteiger partial charge in [-0.1, -0.05) is 0 Å². The van der Waals surface area contributed by atoms with Crippen LogP contribution in [0.4, 0.5) is 0 Å². The van der Waals surface area contributed by atoms with E-state index in [1.807, 2.05) is 0 Å². The highest BCUT2D eigenvalue weighted by Crippen LogP contribution is 2.36. The molecule has 1 rings (SSSR count). The highest BCUT2D eigenvalue weighted by molar-refractivity contribution is 7.91. The second-order valence-corrected chi connectivity index (χ2v) is 6.28. The first-order chi connectivity index (χ1) is 8.72. The number of rotatable bonds is 5. The van der Waals surface area contributed by atoms with Crippen LogP contribution in [-0.2, 0) is 9.84 Å². The monoisotopic (exact) mass is 289 g/mol. The van der Waals surface area contributed by atoms with Crippen molar-refractivity contribution in [2.24, 2.45) is 5.73 Å². The lowest BCUT2D eigenvalue weighted by Gasteiger charge is -2.19. The molecule has 19 heavy (non-hydrogen) atoms. The van der Waals surface area contributed by atoms with Crippen molar-refractivity contribution in [3.8, 4) is 11.5 Å². The molecule has 0 spiro atoms. The Kier molecular flexibility index (Phi) is 4.78. The molecule has 1 aromatic rings. The maximum absolute atomic E-state index is 11.8. The smallest absolute Gasteiger partial charge is 0.182 e. The van der Waals surface area contributed by atoms with Crippen molar-refractivity contribution in [3.63, 3.8) is 0 Å². The van der Waals surface area contributed by atoms with Gasteiger partial charge in [0.05, 0.1) is 20.3 Å². The molecule has 108 valence electrons. The van der Waals surface area contributed by atoms with Gasteiger partial charge < -0.3 is 20.3 Å². The third-order valence-corrected chi connectivity index (χ3v) is 3.84. The number of methoxy groups -OCH3 is 2. The van der Waals surface area contributed by atoms with Crippen LogP contribution in [0.3, 0.4) is 0 Å². The van der Waals surface area contributed by atoms with Gasteiger partial charge in [0.2, 0.25) is 0 Å². The van der Waals surface area contributed by atoms with Crippen LogP contribution in [-0.4, -0.2) is 40.0 Å². The van der Waals surface area contributed by atoms with Crippen molar-refractivity contribution < 1.29 is 23.0 Å². The van der Waals surface area contributed by atoms with Gasteiger partial charge in [-0.25, -0.2) is 8.42 Å². The number of sulfone groups is 1. The normalized spacial score (nSPS) is 14.8. The first-order valence-corrected chi connectivity index (χ1v) is 7.51. The third kappa shape index (κ3) is 3.37. The highest BCUT2D eigenvalue weighted by Gasteiger charge is 2.24. The molecular weight excluding hydrogens is 270 g/mol. The molecule has 0 heterocycles. The van der Waals surface area contributed by atoms with Crippen molar-refractivity contribution >= 4 is 9.84 Å². The van der Waals surface area contributed by atoms with Gasteiger partial charge in [0.25, 0.3) is 0 Å². The molecule has 0 aliphatic rings. The first-order valence-electron chi connectivity index (χ1n) is 5.62. The summed E-state index contributed by atoms with van der Waals surface area (Å²) < 4.78 is 33.7. The Labute approximate surface area is 113 Å². The topological polar surface area (TPSA) is 98.8 Å². The van der Waals surface area contributed by atoms with E-state index in [2.05, 4.69) is 0 Å². The largest absolute Gasteiger partial charge is 0.495 e. The van der Waals surface area contributed by atoms with E-state index < -0.39 is 22.0 Å². The van der Waals surface area contributed by atoms with E-state index in [1.54, 1.807) is 6.92 Å². The summed E-state index contributed by atoms with van der Waals surface area (Å²) in [7, 11) is -0.809. The standard InChI is InChI=1S/C12H19NO5S/c1-7(13)11(14)8-5-9(17-2)12(19(4,15)16)10(6-8)18-3/h5-7,11,14H,13H2,1-4H3. The van der Waals surface area contributed by atoms with E-state index >= 15 is 0 Å². The second-order valence-electron chi connectivity index (χ2n) is 4.33. The van der Waals surface area contributed by atoms with Gasteiger partial charge in [-0.3, -0.25) is 0 Å². The molecule has 0 saturated carbocycles. The molecule has 0 fully saturated rings. The van der Waals surface area contributed by atoms with E-state index in [0.29, 0.717) is 5.56 Å². The van der Waals surface area contributed by atoms with Crippen molar-refractivity contribution in [1.29, 1.82) is 0 Å². The molecule has 2 unspecified atom stereocenters. The Morgan fingerprint density at radius 2 is 1.63 bits per heavy atom. The minimum Gasteiger partial charge on any atom is -0.495 e. The summed E-state index contributed by atoms with van der Waals surface area (Å²) in [5.41, 5.74) is 6.07. The van der Waals surface area contributed by atoms with E-state index in [-0.39, 0.29) is 16.4 Å². The average molecular weight is 289 g/mol. The molecule has 0 amide bonds. The summed E-state index contributed by atoms with van der Waals surface area (Å²) in [5, 5.41) is 9.95. The molecule has 2 atom stereocenters. The number of aliphatic hydroxyl groups is 1. The van der Waals surface area contributed by atoms with Gasteiger partial charge >= 0.3 is 0 Å². The fourth-order valence-electron chi connectivity index (χ4n) is 1.74. The Bertz CT molecular complexity index is 528. The summed E-state index contributed by atoms with van der Waals surface area (Å²) in [4.78, 5) is -0.0434. The van der Waals surface area contributed by atoms with Gasteiger partial charge in [-0.05, 0) is 24.6 Å². The SMILES string of the molecule is COc1cc(C(O)C(C)N)cc(OC)c1S(C)(=O)=O. The van der Waals surface area contributed by atoms with Crippen LogP contribution in [0.1, 0.15) is 18.6 Å². The number of aliphatic hydroxyl groups excluding tert-OH is 1. The summed E-state index contributed by atoms with van der Waals surface area (Å²) in [5.74, 6) is 0.244. The Morgan fingerprint density at radius 1 is 1.21 bits per heavy atom. The maximum Gasteiger partial charge on any atom is 0.182 e. The number of benzene rings is 1. The van der Waals surface area contributed by atoms with Gasteiger partial charge in [0.15, 0.2) is 14.7 Å². The van der Waals surface area contributed by atoms with Crippen molar-refractivity contribution in [1.82, 2.24) is 0 Å². The Hall–Kier alpha value is -1.31. The molecule has 0 saturated heterocycles. The molecular formula is C12H19NO5S. The quantitative estimate of drug-likeness (QED) is 0.818. The molecule has 1 aromatic carbocycles. The number of hydrogen-bond donors (Lipinski definition) is 2. The number of nitrogens with two attached hydrogens (primary N) is 1. The fraction of sp³-hybridized carbons (Fsp3) is 0.500. The third-order valence-electron chi connectivity index (χ3n) is 2.69. The lowest BCUT2D eigenvalue weighted by molar-refractivity contribution is 0.152. The molecule has 6 nitrogen and oxygen atoms in total. The van der Waals surface area contributed by atoms with Crippen LogP contribution >= 0.6 is 0 Å².